The second-order valence-corrected chi connectivity index (χ2v) is 7.62. The number of Topliss-reactive ketones (excluding diaryl/α,β-unsaturated/α-hetero) is 1. The van der Waals surface area contributed by atoms with Crippen LogP contribution in [0, 0.1) is 5.92 Å². The van der Waals surface area contributed by atoms with E-state index < -0.39 is 0 Å². The Kier molecular flexibility index (Phi) is 7.63. The van der Waals surface area contributed by atoms with Crippen LogP contribution in [0.25, 0.3) is 0 Å². The molecule has 0 aromatic heterocycles. The lowest BCUT2D eigenvalue weighted by molar-refractivity contribution is -0.144. The highest BCUT2D eigenvalue weighted by Crippen LogP contribution is 2.21. The second kappa shape index (κ2) is 10.4. The number of piperidine rings is 1. The van der Waals surface area contributed by atoms with Crippen LogP contribution in [0.2, 0.25) is 0 Å². The number of carbonyl (C=O) groups excluding carboxylic acids is 3. The number of amides is 2. The number of ketones is 1. The molecule has 29 heavy (non-hydrogen) atoms. The Bertz CT molecular complexity index is 712. The summed E-state index contributed by atoms with van der Waals surface area (Å²) in [7, 11) is 1.59. The minimum Gasteiger partial charge on any atom is -0.497 e. The van der Waals surface area contributed by atoms with Crippen molar-refractivity contribution in [2.75, 3.05) is 46.5 Å². The highest BCUT2D eigenvalue weighted by molar-refractivity contribution is 5.96. The van der Waals surface area contributed by atoms with Gasteiger partial charge in [0.2, 0.25) is 11.8 Å². The molecule has 2 aliphatic rings. The maximum absolute atomic E-state index is 12.7. The van der Waals surface area contributed by atoms with E-state index in [1.54, 1.807) is 36.3 Å². The van der Waals surface area contributed by atoms with Crippen LogP contribution < -0.4 is 4.74 Å². The molecular weight excluding hydrogens is 372 g/mol. The predicted octanol–water partition coefficient (Wildman–Crippen LogP) is 2.15. The topological polar surface area (TPSA) is 76.2 Å². The summed E-state index contributed by atoms with van der Waals surface area (Å²) in [5, 5.41) is 0. The van der Waals surface area contributed by atoms with Crippen molar-refractivity contribution in [1.82, 2.24) is 9.80 Å². The van der Waals surface area contributed by atoms with Gasteiger partial charge in [0.1, 0.15) is 5.75 Å². The monoisotopic (exact) mass is 402 g/mol. The zero-order valence-electron chi connectivity index (χ0n) is 17.1. The Morgan fingerprint density at radius 3 is 2.45 bits per heavy atom. The molecule has 2 amide bonds. The number of benzene rings is 1. The SMILES string of the molecule is COc1ccc(C(=O)CCCC(=O)N2CCCC(C(=O)N3CCOCC3)C2)cc1. The molecular formula is C22H30N2O5. The molecule has 2 saturated heterocycles. The molecule has 7 nitrogen and oxygen atoms in total. The number of rotatable bonds is 7. The average molecular weight is 402 g/mol. The van der Waals surface area contributed by atoms with Crippen molar-refractivity contribution in [1.29, 1.82) is 0 Å². The first kappa shape index (κ1) is 21.3. The van der Waals surface area contributed by atoms with E-state index in [4.69, 9.17) is 9.47 Å². The van der Waals surface area contributed by atoms with Gasteiger partial charge >= 0.3 is 0 Å². The third-order valence-corrected chi connectivity index (χ3v) is 5.65. The van der Waals surface area contributed by atoms with E-state index in [2.05, 4.69) is 0 Å². The standard InChI is InChI=1S/C22H30N2O5/c1-28-19-9-7-17(8-10-19)20(25)5-2-6-21(26)24-11-3-4-18(16-24)22(27)23-12-14-29-15-13-23/h7-10,18H,2-6,11-16H2,1H3. The zero-order chi connectivity index (χ0) is 20.6. The van der Waals surface area contributed by atoms with Crippen molar-refractivity contribution >= 4 is 17.6 Å². The van der Waals surface area contributed by atoms with Crippen LogP contribution in [0.4, 0.5) is 0 Å². The summed E-state index contributed by atoms with van der Waals surface area (Å²) >= 11 is 0. The van der Waals surface area contributed by atoms with Gasteiger partial charge in [0, 0.05) is 44.6 Å². The smallest absolute Gasteiger partial charge is 0.227 e. The number of hydrogen-bond acceptors (Lipinski definition) is 5. The Labute approximate surface area is 171 Å². The highest BCUT2D eigenvalue weighted by Gasteiger charge is 2.31. The fraction of sp³-hybridized carbons (Fsp3) is 0.591. The van der Waals surface area contributed by atoms with Crippen molar-refractivity contribution in [3.63, 3.8) is 0 Å². The minimum atomic E-state index is -0.119. The summed E-state index contributed by atoms with van der Waals surface area (Å²) in [4.78, 5) is 41.2. The van der Waals surface area contributed by atoms with Crippen molar-refractivity contribution < 1.29 is 23.9 Å². The van der Waals surface area contributed by atoms with Crippen LogP contribution >= 0.6 is 0 Å². The van der Waals surface area contributed by atoms with Crippen molar-refractivity contribution in [3.8, 4) is 5.75 Å². The summed E-state index contributed by atoms with van der Waals surface area (Å²) in [6, 6.07) is 7.01. The van der Waals surface area contributed by atoms with Crippen molar-refractivity contribution in [3.05, 3.63) is 29.8 Å². The third kappa shape index (κ3) is 5.79. The zero-order valence-corrected chi connectivity index (χ0v) is 17.1. The molecule has 0 N–H and O–H groups in total. The maximum atomic E-state index is 12.7. The van der Waals surface area contributed by atoms with Crippen molar-refractivity contribution in [2.45, 2.75) is 32.1 Å². The minimum absolute atomic E-state index is 0.0273. The number of likely N-dealkylation sites (tertiary alicyclic amines) is 1. The molecule has 2 fully saturated rings. The van der Waals surface area contributed by atoms with E-state index in [0.29, 0.717) is 70.0 Å². The van der Waals surface area contributed by atoms with Gasteiger partial charge in [-0.15, -0.1) is 0 Å². The van der Waals surface area contributed by atoms with Crippen LogP contribution in [0.15, 0.2) is 24.3 Å². The Morgan fingerprint density at radius 1 is 1.03 bits per heavy atom. The first-order valence-electron chi connectivity index (χ1n) is 10.4. The predicted molar refractivity (Wildman–Crippen MR) is 108 cm³/mol. The molecule has 2 aliphatic heterocycles. The number of hydrogen-bond donors (Lipinski definition) is 0. The van der Waals surface area contributed by atoms with E-state index in [1.165, 1.54) is 0 Å². The van der Waals surface area contributed by atoms with E-state index in [9.17, 15) is 14.4 Å². The average Bonchev–Trinajstić information content (AvgIpc) is 2.79. The van der Waals surface area contributed by atoms with Gasteiger partial charge in [0.15, 0.2) is 5.78 Å². The molecule has 158 valence electrons. The summed E-state index contributed by atoms with van der Waals surface area (Å²) in [5.74, 6) is 0.793. The molecule has 1 unspecified atom stereocenters. The van der Waals surface area contributed by atoms with Gasteiger partial charge in [-0.1, -0.05) is 0 Å². The van der Waals surface area contributed by atoms with E-state index in [1.807, 2.05) is 4.90 Å². The van der Waals surface area contributed by atoms with Gasteiger partial charge in [-0.05, 0) is 43.5 Å². The summed E-state index contributed by atoms with van der Waals surface area (Å²) in [6.45, 7) is 3.62. The van der Waals surface area contributed by atoms with Crippen LogP contribution in [0.3, 0.4) is 0 Å². The molecule has 0 bridgehead atoms. The molecule has 1 aromatic rings. The van der Waals surface area contributed by atoms with Gasteiger partial charge in [-0.2, -0.15) is 0 Å². The molecule has 0 saturated carbocycles. The molecule has 0 radical (unpaired) electrons. The number of methoxy groups -OCH3 is 1. The van der Waals surface area contributed by atoms with E-state index in [-0.39, 0.29) is 23.5 Å². The molecule has 1 aromatic carbocycles. The fourth-order valence-corrected chi connectivity index (χ4v) is 3.93. The lowest BCUT2D eigenvalue weighted by Gasteiger charge is -2.36. The first-order chi connectivity index (χ1) is 14.1. The molecule has 0 aliphatic carbocycles. The summed E-state index contributed by atoms with van der Waals surface area (Å²) in [5.41, 5.74) is 0.632. The number of nitrogens with zero attached hydrogens (tertiary/aromatic N) is 2. The van der Waals surface area contributed by atoms with Crippen LogP contribution in [0.1, 0.15) is 42.5 Å². The third-order valence-electron chi connectivity index (χ3n) is 5.65. The number of morpholine rings is 1. The summed E-state index contributed by atoms with van der Waals surface area (Å²) in [6.07, 6.45) is 2.86. The van der Waals surface area contributed by atoms with Crippen LogP contribution in [-0.2, 0) is 14.3 Å². The summed E-state index contributed by atoms with van der Waals surface area (Å²) < 4.78 is 10.4. The Balaban J connectivity index is 1.43. The largest absolute Gasteiger partial charge is 0.497 e. The molecule has 2 heterocycles. The van der Waals surface area contributed by atoms with Crippen LogP contribution in [0.5, 0.6) is 5.75 Å². The van der Waals surface area contributed by atoms with Crippen molar-refractivity contribution in [2.24, 2.45) is 5.92 Å². The fourth-order valence-electron chi connectivity index (χ4n) is 3.93. The van der Waals surface area contributed by atoms with E-state index >= 15 is 0 Å². The maximum Gasteiger partial charge on any atom is 0.227 e. The van der Waals surface area contributed by atoms with E-state index in [0.717, 1.165) is 12.8 Å². The second-order valence-electron chi connectivity index (χ2n) is 7.62. The van der Waals surface area contributed by atoms with Gasteiger partial charge in [-0.25, -0.2) is 0 Å². The number of ether oxygens (including phenoxy) is 2. The van der Waals surface area contributed by atoms with Gasteiger partial charge in [0.25, 0.3) is 0 Å². The lowest BCUT2D eigenvalue weighted by Crippen LogP contribution is -2.49. The van der Waals surface area contributed by atoms with Gasteiger partial charge < -0.3 is 19.3 Å². The quantitative estimate of drug-likeness (QED) is 0.653. The van der Waals surface area contributed by atoms with Crippen LogP contribution in [-0.4, -0.2) is 73.9 Å². The van der Waals surface area contributed by atoms with Gasteiger partial charge in [0.05, 0.1) is 26.2 Å². The molecule has 0 spiro atoms. The molecule has 1 atom stereocenters. The Morgan fingerprint density at radius 2 is 1.76 bits per heavy atom. The highest BCUT2D eigenvalue weighted by atomic mass is 16.5. The molecule has 7 heteroatoms. The lowest BCUT2D eigenvalue weighted by atomic mass is 9.95. The van der Waals surface area contributed by atoms with Gasteiger partial charge in [-0.3, -0.25) is 14.4 Å². The Hall–Kier alpha value is -2.41. The molecule has 3 rings (SSSR count). The first-order valence-corrected chi connectivity index (χ1v) is 10.4. The normalized spacial score (nSPS) is 19.7. The number of carbonyl (C=O) groups is 3.